The van der Waals surface area contributed by atoms with Gasteiger partial charge in [-0.2, -0.15) is 5.10 Å². The van der Waals surface area contributed by atoms with E-state index in [0.717, 1.165) is 39.0 Å². The van der Waals surface area contributed by atoms with Crippen molar-refractivity contribution in [1.29, 1.82) is 0 Å². The molecule has 1 aromatic rings. The van der Waals surface area contributed by atoms with E-state index in [0.29, 0.717) is 22.5 Å². The van der Waals surface area contributed by atoms with Crippen LogP contribution in [0.1, 0.15) is 25.7 Å². The Morgan fingerprint density at radius 3 is 2.75 bits per heavy atom. The Bertz CT molecular complexity index is 520. The minimum atomic E-state index is -0.0849. The molecular formula is C14H21ClN4O. The predicted molar refractivity (Wildman–Crippen MR) is 80.3 cm³/mol. The molecule has 2 fully saturated rings. The third-order valence-electron chi connectivity index (χ3n) is 4.15. The molecule has 1 aliphatic carbocycles. The van der Waals surface area contributed by atoms with Crippen molar-refractivity contribution in [1.82, 2.24) is 15.1 Å². The summed E-state index contributed by atoms with van der Waals surface area (Å²) in [5.74, 6) is 1.23. The third kappa shape index (κ3) is 3.33. The molecule has 0 radical (unpaired) electrons. The van der Waals surface area contributed by atoms with Crippen molar-refractivity contribution in [3.8, 4) is 0 Å². The maximum atomic E-state index is 12.4. The van der Waals surface area contributed by atoms with Crippen molar-refractivity contribution in [2.45, 2.75) is 32.2 Å². The molecule has 2 aliphatic rings. The summed E-state index contributed by atoms with van der Waals surface area (Å²) in [6.45, 7) is 3.65. The second-order valence-corrected chi connectivity index (χ2v) is 6.28. The number of hydrogen-bond acceptors (Lipinski definition) is 4. The topological polar surface area (TPSA) is 59.0 Å². The van der Waals surface area contributed by atoms with Crippen LogP contribution < -0.4 is 16.2 Å². The summed E-state index contributed by atoms with van der Waals surface area (Å²) < 4.78 is 1.55. The van der Waals surface area contributed by atoms with Gasteiger partial charge in [-0.1, -0.05) is 11.6 Å². The van der Waals surface area contributed by atoms with E-state index in [1.165, 1.54) is 12.8 Å². The van der Waals surface area contributed by atoms with Gasteiger partial charge in [0.15, 0.2) is 0 Å². The molecule has 3 rings (SSSR count). The van der Waals surface area contributed by atoms with Gasteiger partial charge < -0.3 is 10.6 Å². The first-order valence-electron chi connectivity index (χ1n) is 7.44. The van der Waals surface area contributed by atoms with E-state index < -0.39 is 0 Å². The number of piperidine rings is 1. The van der Waals surface area contributed by atoms with Gasteiger partial charge in [-0.15, -0.1) is 0 Å². The van der Waals surface area contributed by atoms with Crippen molar-refractivity contribution in [3.05, 3.63) is 21.6 Å². The van der Waals surface area contributed by atoms with Gasteiger partial charge in [-0.05, 0) is 50.6 Å². The summed E-state index contributed by atoms with van der Waals surface area (Å²) in [5, 5.41) is 11.2. The number of hydrogen-bond donors (Lipinski definition) is 2. The molecule has 1 saturated heterocycles. The number of aromatic nitrogens is 2. The predicted octanol–water partition coefficient (Wildman–Crippen LogP) is 1.72. The zero-order valence-electron chi connectivity index (χ0n) is 11.6. The molecule has 0 amide bonds. The maximum absolute atomic E-state index is 12.4. The first-order valence-corrected chi connectivity index (χ1v) is 7.82. The Labute approximate surface area is 123 Å². The molecule has 2 heterocycles. The van der Waals surface area contributed by atoms with Gasteiger partial charge in [0, 0.05) is 13.1 Å². The second kappa shape index (κ2) is 6.14. The fraction of sp³-hybridized carbons (Fsp3) is 0.714. The Hall–Kier alpha value is -1.07. The van der Waals surface area contributed by atoms with Crippen molar-refractivity contribution < 1.29 is 0 Å². The summed E-state index contributed by atoms with van der Waals surface area (Å²) in [6.07, 6.45) is 6.27. The molecule has 2 N–H and O–H groups in total. The zero-order chi connectivity index (χ0) is 13.9. The summed E-state index contributed by atoms with van der Waals surface area (Å²) in [4.78, 5) is 12.4. The van der Waals surface area contributed by atoms with E-state index in [-0.39, 0.29) is 5.56 Å². The van der Waals surface area contributed by atoms with E-state index in [9.17, 15) is 4.79 Å². The number of nitrogens with zero attached hydrogens (tertiary/aromatic N) is 2. The SMILES string of the molecule is O=c1c(NCC2CCNCC2)c(Cl)cnn1CC1CC1. The van der Waals surface area contributed by atoms with E-state index in [4.69, 9.17) is 11.6 Å². The van der Waals surface area contributed by atoms with Crippen LogP contribution in [0.2, 0.25) is 5.02 Å². The first-order chi connectivity index (χ1) is 9.74. The lowest BCUT2D eigenvalue weighted by Gasteiger charge is -2.23. The molecule has 0 aromatic carbocycles. The molecule has 6 heteroatoms. The van der Waals surface area contributed by atoms with E-state index in [1.54, 1.807) is 10.9 Å². The zero-order valence-corrected chi connectivity index (χ0v) is 12.3. The summed E-state index contributed by atoms with van der Waals surface area (Å²) in [5.41, 5.74) is 0.430. The Morgan fingerprint density at radius 1 is 1.30 bits per heavy atom. The van der Waals surface area contributed by atoms with E-state index in [1.807, 2.05) is 0 Å². The standard InChI is InChI=1S/C14H21ClN4O/c15-12-8-18-19(9-11-1-2-11)14(20)13(12)17-7-10-3-5-16-6-4-10/h8,10-11,16-17H,1-7,9H2. The minimum Gasteiger partial charge on any atom is -0.379 e. The van der Waals surface area contributed by atoms with Crippen LogP contribution in [0, 0.1) is 11.8 Å². The lowest BCUT2D eigenvalue weighted by atomic mass is 9.98. The lowest BCUT2D eigenvalue weighted by molar-refractivity contribution is 0.389. The number of anilines is 1. The Kier molecular flexibility index (Phi) is 4.27. The average molecular weight is 297 g/mol. The average Bonchev–Trinajstić information content (AvgIpc) is 3.27. The third-order valence-corrected chi connectivity index (χ3v) is 4.44. The van der Waals surface area contributed by atoms with Crippen molar-refractivity contribution in [2.24, 2.45) is 11.8 Å². The van der Waals surface area contributed by atoms with Gasteiger partial charge in [-0.25, -0.2) is 4.68 Å². The summed E-state index contributed by atoms with van der Waals surface area (Å²) in [7, 11) is 0. The van der Waals surface area contributed by atoms with Crippen LogP contribution in [-0.4, -0.2) is 29.4 Å². The van der Waals surface area contributed by atoms with Crippen LogP contribution in [0.4, 0.5) is 5.69 Å². The molecule has 0 bridgehead atoms. The van der Waals surface area contributed by atoms with Gasteiger partial charge in [-0.3, -0.25) is 4.79 Å². The van der Waals surface area contributed by atoms with Gasteiger partial charge in [0.2, 0.25) is 0 Å². The highest BCUT2D eigenvalue weighted by Gasteiger charge is 2.23. The fourth-order valence-electron chi connectivity index (χ4n) is 2.64. The lowest BCUT2D eigenvalue weighted by Crippen LogP contribution is -2.33. The second-order valence-electron chi connectivity index (χ2n) is 5.87. The first kappa shape index (κ1) is 13.9. The quantitative estimate of drug-likeness (QED) is 0.869. The van der Waals surface area contributed by atoms with Gasteiger partial charge >= 0.3 is 0 Å². The van der Waals surface area contributed by atoms with Gasteiger partial charge in [0.1, 0.15) is 5.69 Å². The van der Waals surface area contributed by atoms with Gasteiger partial charge in [0.05, 0.1) is 11.2 Å². The van der Waals surface area contributed by atoms with Crippen molar-refractivity contribution >= 4 is 17.3 Å². The highest BCUT2D eigenvalue weighted by molar-refractivity contribution is 6.32. The molecule has 0 spiro atoms. The Balaban J connectivity index is 1.68. The largest absolute Gasteiger partial charge is 0.379 e. The van der Waals surface area contributed by atoms with Crippen LogP contribution >= 0.6 is 11.6 Å². The molecular weight excluding hydrogens is 276 g/mol. The van der Waals surface area contributed by atoms with Crippen LogP contribution in [0.15, 0.2) is 11.0 Å². The van der Waals surface area contributed by atoms with Gasteiger partial charge in [0.25, 0.3) is 5.56 Å². The van der Waals surface area contributed by atoms with Crippen LogP contribution in [0.5, 0.6) is 0 Å². The van der Waals surface area contributed by atoms with Crippen LogP contribution in [0.3, 0.4) is 0 Å². The monoisotopic (exact) mass is 296 g/mol. The maximum Gasteiger partial charge on any atom is 0.291 e. The highest BCUT2D eigenvalue weighted by atomic mass is 35.5. The molecule has 1 aromatic heterocycles. The smallest absolute Gasteiger partial charge is 0.291 e. The highest BCUT2D eigenvalue weighted by Crippen LogP contribution is 2.30. The molecule has 1 aliphatic heterocycles. The summed E-state index contributed by atoms with van der Waals surface area (Å²) >= 11 is 6.12. The molecule has 20 heavy (non-hydrogen) atoms. The molecule has 1 saturated carbocycles. The number of rotatable bonds is 5. The van der Waals surface area contributed by atoms with Crippen molar-refractivity contribution in [2.75, 3.05) is 25.0 Å². The Morgan fingerprint density at radius 2 is 2.05 bits per heavy atom. The van der Waals surface area contributed by atoms with Crippen LogP contribution in [0.25, 0.3) is 0 Å². The summed E-state index contributed by atoms with van der Waals surface area (Å²) in [6, 6.07) is 0. The molecule has 5 nitrogen and oxygen atoms in total. The molecule has 0 atom stereocenters. The normalized spacial score (nSPS) is 20.1. The van der Waals surface area contributed by atoms with Crippen molar-refractivity contribution in [3.63, 3.8) is 0 Å². The number of halogens is 1. The van der Waals surface area contributed by atoms with E-state index in [2.05, 4.69) is 15.7 Å². The minimum absolute atomic E-state index is 0.0849. The number of nitrogens with one attached hydrogen (secondary N) is 2. The molecule has 0 unspecified atom stereocenters. The van der Waals surface area contributed by atoms with E-state index >= 15 is 0 Å². The van der Waals surface area contributed by atoms with Crippen LogP contribution in [-0.2, 0) is 6.54 Å². The fourth-order valence-corrected chi connectivity index (χ4v) is 2.83. The molecule has 110 valence electrons.